The van der Waals surface area contributed by atoms with Crippen LogP contribution in [0.1, 0.15) is 107 Å². The Bertz CT molecular complexity index is 2150. The minimum Gasteiger partial charge on any atom is -0.495 e. The summed E-state index contributed by atoms with van der Waals surface area (Å²) in [6.45, 7) is 15.7. The first-order valence-electron chi connectivity index (χ1n) is 21.8. The zero-order valence-corrected chi connectivity index (χ0v) is 37.8. The van der Waals surface area contributed by atoms with Crippen molar-refractivity contribution < 1.29 is 23.7 Å². The standard InChI is InChI=1S/C52H67N3O5/c1-11-35(5)43(28-42-22-18-16-20-40(42)14-4)32-54-46-30-52(50(58-10)26-37(46)7)60-34-47-48(56-8)24-23-44(55-47)33-59-51-29-45(36(6)25-49(51)57-9)53-31-38(12-2)27-41-21-17-15-19-39(41)13-3/h15-17,19-21,23-26,29-32,35,38,43H,11-14,18,22,27-28,33-34H2,1-10H3. The molecule has 8 heteroatoms. The van der Waals surface area contributed by atoms with Gasteiger partial charge in [-0.15, -0.1) is 0 Å². The fourth-order valence-electron chi connectivity index (χ4n) is 7.72. The molecule has 1 heterocycles. The van der Waals surface area contributed by atoms with Gasteiger partial charge in [-0.2, -0.15) is 0 Å². The molecule has 3 unspecified atom stereocenters. The van der Waals surface area contributed by atoms with Gasteiger partial charge in [0.2, 0.25) is 0 Å². The summed E-state index contributed by atoms with van der Waals surface area (Å²) in [5.41, 5.74) is 10.9. The van der Waals surface area contributed by atoms with Crippen molar-refractivity contribution in [3.05, 3.63) is 118 Å². The molecule has 0 spiro atoms. The Balaban J connectivity index is 1.31. The third kappa shape index (κ3) is 12.1. The Kier molecular flexibility index (Phi) is 17.4. The van der Waals surface area contributed by atoms with Gasteiger partial charge in [0, 0.05) is 30.5 Å². The van der Waals surface area contributed by atoms with Crippen molar-refractivity contribution in [3.63, 3.8) is 0 Å². The number of methoxy groups -OCH3 is 3. The molecular weight excluding hydrogens is 747 g/mol. The summed E-state index contributed by atoms with van der Waals surface area (Å²) >= 11 is 0. The van der Waals surface area contributed by atoms with Crippen LogP contribution in [-0.4, -0.2) is 38.7 Å². The molecule has 320 valence electrons. The van der Waals surface area contributed by atoms with Crippen LogP contribution < -0.4 is 23.7 Å². The molecule has 5 rings (SSSR count). The number of hydrogen-bond acceptors (Lipinski definition) is 8. The Morgan fingerprint density at radius 3 is 1.92 bits per heavy atom. The quantitative estimate of drug-likeness (QED) is 0.0735. The zero-order valence-electron chi connectivity index (χ0n) is 37.8. The van der Waals surface area contributed by atoms with Gasteiger partial charge in [0.25, 0.3) is 0 Å². The van der Waals surface area contributed by atoms with Crippen molar-refractivity contribution in [2.45, 2.75) is 113 Å². The van der Waals surface area contributed by atoms with Crippen LogP contribution in [0.25, 0.3) is 0 Å². The first-order valence-corrected chi connectivity index (χ1v) is 21.8. The van der Waals surface area contributed by atoms with Crippen LogP contribution in [0.15, 0.2) is 93.9 Å². The number of rotatable bonds is 22. The molecular formula is C52H67N3O5. The molecule has 1 aliphatic rings. The SMILES string of the molecule is CCC1=C(CC(C=Nc2cc(OCc3nc(COc4cc(N=CC(CC)Cc5ccccc5CC)c(C)cc4OC)ccc3OC)c(OC)cc2C)C(C)CC)CCC=C1. The molecule has 3 aromatic carbocycles. The van der Waals surface area contributed by atoms with Crippen molar-refractivity contribution in [2.75, 3.05) is 21.3 Å². The van der Waals surface area contributed by atoms with E-state index in [0.29, 0.717) is 52.2 Å². The second-order valence-corrected chi connectivity index (χ2v) is 15.8. The van der Waals surface area contributed by atoms with Gasteiger partial charge in [-0.3, -0.25) is 9.98 Å². The van der Waals surface area contributed by atoms with Gasteiger partial charge < -0.3 is 23.7 Å². The van der Waals surface area contributed by atoms with Crippen LogP contribution in [0.2, 0.25) is 0 Å². The predicted molar refractivity (Wildman–Crippen MR) is 248 cm³/mol. The number of nitrogens with zero attached hydrogens (tertiary/aromatic N) is 3. The first kappa shape index (κ1) is 45.7. The molecule has 1 aromatic heterocycles. The van der Waals surface area contributed by atoms with Gasteiger partial charge in [0.05, 0.1) is 38.4 Å². The van der Waals surface area contributed by atoms with E-state index in [9.17, 15) is 0 Å². The van der Waals surface area contributed by atoms with E-state index in [-0.39, 0.29) is 13.2 Å². The Morgan fingerprint density at radius 2 is 1.32 bits per heavy atom. The van der Waals surface area contributed by atoms with Gasteiger partial charge in [-0.25, -0.2) is 4.98 Å². The molecule has 0 N–H and O–H groups in total. The highest BCUT2D eigenvalue weighted by Crippen LogP contribution is 2.38. The van der Waals surface area contributed by atoms with E-state index >= 15 is 0 Å². The largest absolute Gasteiger partial charge is 0.495 e. The van der Waals surface area contributed by atoms with Gasteiger partial charge in [0.1, 0.15) is 24.7 Å². The van der Waals surface area contributed by atoms with Crippen LogP contribution in [0.3, 0.4) is 0 Å². The molecule has 0 saturated heterocycles. The van der Waals surface area contributed by atoms with Crippen LogP contribution in [0.4, 0.5) is 11.4 Å². The summed E-state index contributed by atoms with van der Waals surface area (Å²) in [4.78, 5) is 15.0. The third-order valence-corrected chi connectivity index (χ3v) is 11.9. The topological polar surface area (TPSA) is 83.8 Å². The molecule has 3 atom stereocenters. The van der Waals surface area contributed by atoms with Crippen molar-refractivity contribution in [1.29, 1.82) is 0 Å². The molecule has 4 aromatic rings. The maximum absolute atomic E-state index is 6.43. The van der Waals surface area contributed by atoms with Crippen molar-refractivity contribution in [3.8, 4) is 28.7 Å². The molecule has 0 aliphatic heterocycles. The molecule has 0 amide bonds. The number of aromatic nitrogens is 1. The lowest BCUT2D eigenvalue weighted by atomic mass is 9.82. The summed E-state index contributed by atoms with van der Waals surface area (Å²) in [6, 6.07) is 20.4. The summed E-state index contributed by atoms with van der Waals surface area (Å²) in [7, 11) is 4.94. The third-order valence-electron chi connectivity index (χ3n) is 11.9. The van der Waals surface area contributed by atoms with Gasteiger partial charge >= 0.3 is 0 Å². The molecule has 0 fully saturated rings. The van der Waals surface area contributed by atoms with E-state index in [0.717, 1.165) is 79.6 Å². The Morgan fingerprint density at radius 1 is 0.683 bits per heavy atom. The first-order chi connectivity index (χ1) is 29.1. The molecule has 1 aliphatic carbocycles. The van der Waals surface area contributed by atoms with Gasteiger partial charge in [-0.1, -0.05) is 83.0 Å². The van der Waals surface area contributed by atoms with Gasteiger partial charge in [0.15, 0.2) is 23.0 Å². The zero-order chi connectivity index (χ0) is 43.0. The number of aliphatic imine (C=N–C) groups is 2. The number of ether oxygens (including phenoxy) is 5. The molecule has 8 nitrogen and oxygen atoms in total. The van der Waals surface area contributed by atoms with Crippen molar-refractivity contribution >= 4 is 23.8 Å². The Hall–Kier alpha value is -5.37. The lowest BCUT2D eigenvalue weighted by molar-refractivity contribution is 0.266. The summed E-state index contributed by atoms with van der Waals surface area (Å²) < 4.78 is 30.0. The minimum absolute atomic E-state index is 0.157. The average molecular weight is 814 g/mol. The van der Waals surface area contributed by atoms with Crippen LogP contribution in [0, 0.1) is 31.6 Å². The monoisotopic (exact) mass is 814 g/mol. The van der Waals surface area contributed by atoms with Crippen molar-refractivity contribution in [2.24, 2.45) is 27.7 Å². The lowest BCUT2D eigenvalue weighted by Crippen LogP contribution is -2.15. The predicted octanol–water partition coefficient (Wildman–Crippen LogP) is 13.2. The van der Waals surface area contributed by atoms with Gasteiger partial charge in [-0.05, 0) is 123 Å². The second-order valence-electron chi connectivity index (χ2n) is 15.8. The van der Waals surface area contributed by atoms with E-state index in [2.05, 4.69) is 90.4 Å². The number of hydrogen-bond donors (Lipinski definition) is 0. The minimum atomic E-state index is 0.157. The number of pyridine rings is 1. The Labute approximate surface area is 359 Å². The second kappa shape index (κ2) is 22.8. The average Bonchev–Trinajstić information content (AvgIpc) is 3.28. The molecule has 0 radical (unpaired) electrons. The summed E-state index contributed by atoms with van der Waals surface area (Å²) in [5.74, 6) is 4.25. The number of allylic oxidation sites excluding steroid dienone is 4. The van der Waals surface area contributed by atoms with E-state index in [4.69, 9.17) is 38.7 Å². The summed E-state index contributed by atoms with van der Waals surface area (Å²) in [5, 5.41) is 0. The summed E-state index contributed by atoms with van der Waals surface area (Å²) in [6.07, 6.45) is 17.3. The molecule has 0 saturated carbocycles. The normalized spacial score (nSPS) is 14.4. The highest BCUT2D eigenvalue weighted by Gasteiger charge is 2.20. The van der Waals surface area contributed by atoms with E-state index in [1.165, 1.54) is 16.7 Å². The smallest absolute Gasteiger partial charge is 0.163 e. The highest BCUT2D eigenvalue weighted by atomic mass is 16.5. The van der Waals surface area contributed by atoms with Crippen LogP contribution in [0.5, 0.6) is 28.7 Å². The fraction of sp³-hybridized carbons (Fsp3) is 0.442. The number of aryl methyl sites for hydroxylation is 3. The fourth-order valence-corrected chi connectivity index (χ4v) is 7.72. The van der Waals surface area contributed by atoms with Crippen LogP contribution in [-0.2, 0) is 26.1 Å². The van der Waals surface area contributed by atoms with E-state index in [1.54, 1.807) is 26.9 Å². The molecule has 60 heavy (non-hydrogen) atoms. The maximum atomic E-state index is 6.43. The maximum Gasteiger partial charge on any atom is 0.163 e. The van der Waals surface area contributed by atoms with E-state index < -0.39 is 0 Å². The highest BCUT2D eigenvalue weighted by molar-refractivity contribution is 5.70. The number of benzene rings is 3. The molecule has 0 bridgehead atoms. The lowest BCUT2D eigenvalue weighted by Gasteiger charge is -2.23. The van der Waals surface area contributed by atoms with E-state index in [1.807, 2.05) is 43.3 Å². The van der Waals surface area contributed by atoms with Crippen LogP contribution >= 0.6 is 0 Å². The van der Waals surface area contributed by atoms with Crippen molar-refractivity contribution in [1.82, 2.24) is 4.98 Å².